The van der Waals surface area contributed by atoms with Gasteiger partial charge in [0.1, 0.15) is 30.1 Å². The van der Waals surface area contributed by atoms with Crippen molar-refractivity contribution in [3.05, 3.63) is 72.2 Å². The van der Waals surface area contributed by atoms with Crippen LogP contribution in [0.2, 0.25) is 0 Å². The van der Waals surface area contributed by atoms with E-state index in [2.05, 4.69) is 15.5 Å². The lowest BCUT2D eigenvalue weighted by atomic mass is 10.0. The molecule has 0 bridgehead atoms. The van der Waals surface area contributed by atoms with Crippen molar-refractivity contribution in [1.82, 2.24) is 19.7 Å². The molecule has 2 atom stereocenters. The zero-order valence-corrected chi connectivity index (χ0v) is 23.1. The van der Waals surface area contributed by atoms with Gasteiger partial charge < -0.3 is 19.5 Å². The van der Waals surface area contributed by atoms with Crippen LogP contribution < -0.4 is 10.1 Å². The fourth-order valence-electron chi connectivity index (χ4n) is 5.79. The highest BCUT2D eigenvalue weighted by Crippen LogP contribution is 2.37. The Kier molecular flexibility index (Phi) is 6.56. The Hall–Kier alpha value is -4.60. The maximum Gasteiger partial charge on any atom is 0.247 e. The number of rotatable bonds is 6. The molecule has 1 unspecified atom stereocenters. The van der Waals surface area contributed by atoms with E-state index >= 15 is 0 Å². The smallest absolute Gasteiger partial charge is 0.247 e. The third-order valence-corrected chi connectivity index (χ3v) is 7.69. The average Bonchev–Trinajstić information content (AvgIpc) is 3.60. The Morgan fingerprint density at radius 1 is 1.10 bits per heavy atom. The molecule has 4 heterocycles. The SMILES string of the molecule is CC(=O)c1cn(CC(=O)N2C[C@H](F)CC2C(=O)Nc2ccc3c(c2)OC(C)(C)C3)c2ccc(-c3ccnnc3)cc12. The molecule has 0 radical (unpaired) electrons. The highest BCUT2D eigenvalue weighted by atomic mass is 19.1. The molecule has 210 valence electrons. The first-order valence-electron chi connectivity index (χ1n) is 13.6. The van der Waals surface area contributed by atoms with Crippen molar-refractivity contribution in [1.29, 1.82) is 0 Å². The number of nitrogens with zero attached hydrogens (tertiary/aromatic N) is 4. The summed E-state index contributed by atoms with van der Waals surface area (Å²) in [7, 11) is 0. The van der Waals surface area contributed by atoms with Gasteiger partial charge in [-0.1, -0.05) is 12.1 Å². The summed E-state index contributed by atoms with van der Waals surface area (Å²) in [5, 5.41) is 11.3. The number of carbonyl (C=O) groups is 3. The van der Waals surface area contributed by atoms with Gasteiger partial charge in [0.05, 0.1) is 18.9 Å². The predicted octanol–water partition coefficient (Wildman–Crippen LogP) is 4.59. The summed E-state index contributed by atoms with van der Waals surface area (Å²) in [4.78, 5) is 40.5. The van der Waals surface area contributed by atoms with Crippen LogP contribution in [0.25, 0.3) is 22.0 Å². The Morgan fingerprint density at radius 2 is 1.93 bits per heavy atom. The Balaban J connectivity index is 1.22. The monoisotopic (exact) mass is 555 g/mol. The number of ketones is 1. The number of nitrogens with one attached hydrogen (secondary N) is 1. The molecular formula is C31H30FN5O4. The van der Waals surface area contributed by atoms with Gasteiger partial charge in [0, 0.05) is 52.8 Å². The number of hydrogen-bond acceptors (Lipinski definition) is 6. The summed E-state index contributed by atoms with van der Waals surface area (Å²) in [6.07, 6.45) is 4.24. The number of anilines is 1. The molecule has 2 aromatic heterocycles. The van der Waals surface area contributed by atoms with E-state index < -0.39 is 24.0 Å². The number of ether oxygens (including phenoxy) is 1. The van der Waals surface area contributed by atoms with Crippen molar-refractivity contribution in [3.63, 3.8) is 0 Å². The molecule has 2 aromatic carbocycles. The van der Waals surface area contributed by atoms with Crippen LogP contribution in [0, 0.1) is 0 Å². The van der Waals surface area contributed by atoms with Crippen LogP contribution in [0.3, 0.4) is 0 Å². The van der Waals surface area contributed by atoms with E-state index in [-0.39, 0.29) is 30.9 Å². The molecule has 6 rings (SSSR count). The largest absolute Gasteiger partial charge is 0.487 e. The number of halogens is 1. The molecule has 1 saturated heterocycles. The van der Waals surface area contributed by atoms with Crippen LogP contribution in [0.4, 0.5) is 10.1 Å². The number of likely N-dealkylation sites (tertiary alicyclic amines) is 1. The fraction of sp³-hybridized carbons (Fsp3) is 0.323. The third kappa shape index (κ3) is 5.17. The first-order chi connectivity index (χ1) is 19.6. The van der Waals surface area contributed by atoms with E-state index in [1.165, 1.54) is 11.8 Å². The van der Waals surface area contributed by atoms with E-state index in [1.807, 2.05) is 44.2 Å². The van der Waals surface area contributed by atoms with E-state index in [1.54, 1.807) is 35.3 Å². The normalized spacial score (nSPS) is 19.2. The number of hydrogen-bond donors (Lipinski definition) is 1. The molecule has 2 amide bonds. The molecule has 2 aliphatic heterocycles. The molecular weight excluding hydrogens is 525 g/mol. The Morgan fingerprint density at radius 3 is 2.68 bits per heavy atom. The second-order valence-electron chi connectivity index (χ2n) is 11.3. The quantitative estimate of drug-likeness (QED) is 0.349. The number of benzene rings is 2. The number of Topliss-reactive ketones (excluding diaryl/α,β-unsaturated/α-hetero) is 1. The van der Waals surface area contributed by atoms with E-state index in [0.717, 1.165) is 23.1 Å². The van der Waals surface area contributed by atoms with Crippen LogP contribution in [0.5, 0.6) is 5.75 Å². The van der Waals surface area contributed by atoms with Gasteiger partial charge in [0.2, 0.25) is 11.8 Å². The van der Waals surface area contributed by atoms with Crippen molar-refractivity contribution < 1.29 is 23.5 Å². The minimum Gasteiger partial charge on any atom is -0.487 e. The predicted molar refractivity (Wildman–Crippen MR) is 151 cm³/mol. The molecule has 10 heteroatoms. The number of aromatic nitrogens is 3. The van der Waals surface area contributed by atoms with Crippen LogP contribution in [-0.2, 0) is 22.6 Å². The molecule has 1 fully saturated rings. The second kappa shape index (κ2) is 10.1. The zero-order valence-electron chi connectivity index (χ0n) is 23.1. The van der Waals surface area contributed by atoms with E-state index in [4.69, 9.17) is 4.74 Å². The lowest BCUT2D eigenvalue weighted by molar-refractivity contribution is -0.137. The zero-order chi connectivity index (χ0) is 28.9. The summed E-state index contributed by atoms with van der Waals surface area (Å²) in [5.41, 5.74) is 4.14. The highest BCUT2D eigenvalue weighted by molar-refractivity contribution is 6.08. The van der Waals surface area contributed by atoms with Crippen LogP contribution >= 0.6 is 0 Å². The third-order valence-electron chi connectivity index (χ3n) is 7.69. The van der Waals surface area contributed by atoms with Crippen molar-refractivity contribution in [2.24, 2.45) is 0 Å². The van der Waals surface area contributed by atoms with Gasteiger partial charge in [-0.2, -0.15) is 10.2 Å². The van der Waals surface area contributed by atoms with E-state index in [9.17, 15) is 18.8 Å². The van der Waals surface area contributed by atoms with Crippen molar-refractivity contribution in [2.45, 2.75) is 58.0 Å². The topological polar surface area (TPSA) is 106 Å². The van der Waals surface area contributed by atoms with Gasteiger partial charge in [-0.25, -0.2) is 4.39 Å². The molecule has 1 N–H and O–H groups in total. The molecule has 0 saturated carbocycles. The average molecular weight is 556 g/mol. The fourth-order valence-corrected chi connectivity index (χ4v) is 5.79. The van der Waals surface area contributed by atoms with Crippen molar-refractivity contribution >= 4 is 34.2 Å². The van der Waals surface area contributed by atoms with Crippen LogP contribution in [0.1, 0.15) is 43.1 Å². The first kappa shape index (κ1) is 26.6. The standard InChI is InChI=1S/C31H30FN5O4/c1-18(38)25-16-36(26-7-5-19(10-24(25)26)21-8-9-33-34-14-21)17-29(39)37-15-22(32)11-27(37)30(40)35-23-6-4-20-13-31(2,3)41-28(20)12-23/h4-10,12,14,16,22,27H,11,13,15,17H2,1-3H3,(H,35,40)/t22-,27?/m1/s1. The van der Waals surface area contributed by atoms with Gasteiger partial charge >= 0.3 is 0 Å². The molecule has 2 aliphatic rings. The maximum absolute atomic E-state index is 14.6. The van der Waals surface area contributed by atoms with Crippen molar-refractivity contribution in [3.8, 4) is 16.9 Å². The summed E-state index contributed by atoms with van der Waals surface area (Å²) < 4.78 is 22.2. The first-order valence-corrected chi connectivity index (χ1v) is 13.6. The molecule has 0 spiro atoms. The molecule has 9 nitrogen and oxygen atoms in total. The van der Waals surface area contributed by atoms with Gasteiger partial charge in [-0.15, -0.1) is 0 Å². The van der Waals surface area contributed by atoms with Gasteiger partial charge in [0.25, 0.3) is 0 Å². The van der Waals surface area contributed by atoms with Crippen LogP contribution in [-0.4, -0.2) is 61.6 Å². The van der Waals surface area contributed by atoms with Gasteiger partial charge in [-0.3, -0.25) is 14.4 Å². The lowest BCUT2D eigenvalue weighted by Gasteiger charge is -2.24. The minimum atomic E-state index is -1.32. The second-order valence-corrected chi connectivity index (χ2v) is 11.3. The van der Waals surface area contributed by atoms with E-state index in [0.29, 0.717) is 27.9 Å². The summed E-state index contributed by atoms with van der Waals surface area (Å²) in [6.45, 7) is 5.16. The van der Waals surface area contributed by atoms with Gasteiger partial charge in [0.15, 0.2) is 5.78 Å². The Bertz CT molecular complexity index is 1680. The maximum atomic E-state index is 14.6. The summed E-state index contributed by atoms with van der Waals surface area (Å²) in [5.74, 6) is -0.290. The lowest BCUT2D eigenvalue weighted by Crippen LogP contribution is -2.44. The summed E-state index contributed by atoms with van der Waals surface area (Å²) in [6, 6.07) is 11.9. The number of alkyl halides is 1. The molecule has 4 aromatic rings. The number of amides is 2. The Labute approximate surface area is 236 Å². The van der Waals surface area contributed by atoms with Crippen LogP contribution in [0.15, 0.2) is 61.1 Å². The minimum absolute atomic E-state index is 0.0828. The summed E-state index contributed by atoms with van der Waals surface area (Å²) >= 11 is 0. The van der Waals surface area contributed by atoms with Gasteiger partial charge in [-0.05, 0) is 56.2 Å². The number of fused-ring (bicyclic) bond motifs is 2. The van der Waals surface area contributed by atoms with Crippen molar-refractivity contribution in [2.75, 3.05) is 11.9 Å². The highest BCUT2D eigenvalue weighted by Gasteiger charge is 2.40. The molecule has 41 heavy (non-hydrogen) atoms. The number of carbonyl (C=O) groups excluding carboxylic acids is 3. The molecule has 0 aliphatic carbocycles.